The summed E-state index contributed by atoms with van der Waals surface area (Å²) in [6.45, 7) is 0. The Morgan fingerprint density at radius 2 is 1.76 bits per heavy atom. The van der Waals surface area contributed by atoms with Crippen molar-refractivity contribution in [1.29, 1.82) is 0 Å². The van der Waals surface area contributed by atoms with Crippen LogP contribution in [0.25, 0.3) is 0 Å². The van der Waals surface area contributed by atoms with Gasteiger partial charge in [-0.1, -0.05) is 30.3 Å². The van der Waals surface area contributed by atoms with E-state index in [4.69, 9.17) is 4.74 Å². The zero-order valence-corrected chi connectivity index (χ0v) is 11.7. The summed E-state index contributed by atoms with van der Waals surface area (Å²) in [4.78, 5) is 0. The molecule has 4 nitrogen and oxygen atoms in total. The highest BCUT2D eigenvalue weighted by Crippen LogP contribution is 2.27. The molecule has 0 radical (unpaired) electrons. The number of rotatable bonds is 4. The summed E-state index contributed by atoms with van der Waals surface area (Å²) >= 11 is 0. The van der Waals surface area contributed by atoms with E-state index in [2.05, 4.69) is 5.10 Å². The van der Waals surface area contributed by atoms with E-state index in [0.29, 0.717) is 5.75 Å². The maximum absolute atomic E-state index is 10.4. The lowest BCUT2D eigenvalue weighted by atomic mass is 10.1. The van der Waals surface area contributed by atoms with Crippen molar-refractivity contribution in [3.63, 3.8) is 0 Å². The van der Waals surface area contributed by atoms with Crippen molar-refractivity contribution in [2.75, 3.05) is 0 Å². The van der Waals surface area contributed by atoms with Gasteiger partial charge in [0.05, 0.1) is 5.69 Å². The topological polar surface area (TPSA) is 47.3 Å². The quantitative estimate of drug-likeness (QED) is 0.797. The number of para-hydroxylation sites is 1. The van der Waals surface area contributed by atoms with Crippen molar-refractivity contribution in [2.45, 2.75) is 6.10 Å². The van der Waals surface area contributed by atoms with Crippen LogP contribution in [0.1, 0.15) is 17.4 Å². The van der Waals surface area contributed by atoms with E-state index in [1.165, 1.54) is 0 Å². The molecule has 1 aromatic heterocycles. The standard InChI is InChI=1S/C17H16N2O2/c1-19-16(10-11-18-19)17(20)13-6-5-9-15(12-13)21-14-7-3-2-4-8-14/h2-12,17,20H,1H3. The summed E-state index contributed by atoms with van der Waals surface area (Å²) in [5, 5.41) is 14.5. The van der Waals surface area contributed by atoms with Crippen LogP contribution >= 0.6 is 0 Å². The maximum Gasteiger partial charge on any atom is 0.127 e. The molecule has 0 saturated carbocycles. The molecule has 0 aliphatic heterocycles. The molecule has 21 heavy (non-hydrogen) atoms. The molecule has 4 heteroatoms. The molecular weight excluding hydrogens is 264 g/mol. The minimum Gasteiger partial charge on any atom is -0.457 e. The Morgan fingerprint density at radius 1 is 1.00 bits per heavy atom. The Morgan fingerprint density at radius 3 is 2.48 bits per heavy atom. The average molecular weight is 280 g/mol. The number of benzene rings is 2. The molecule has 0 amide bonds. The Bertz CT molecular complexity index is 722. The highest BCUT2D eigenvalue weighted by Gasteiger charge is 2.14. The summed E-state index contributed by atoms with van der Waals surface area (Å²) in [5.41, 5.74) is 1.51. The first-order valence-electron chi connectivity index (χ1n) is 6.73. The van der Waals surface area contributed by atoms with E-state index < -0.39 is 6.10 Å². The van der Waals surface area contributed by atoms with Crippen LogP contribution in [0, 0.1) is 0 Å². The second-order valence-corrected chi connectivity index (χ2v) is 4.77. The van der Waals surface area contributed by atoms with Gasteiger partial charge in [0.25, 0.3) is 0 Å². The van der Waals surface area contributed by atoms with E-state index in [1.54, 1.807) is 16.9 Å². The van der Waals surface area contributed by atoms with Gasteiger partial charge < -0.3 is 9.84 Å². The summed E-state index contributed by atoms with van der Waals surface area (Å²) in [5.74, 6) is 1.46. The van der Waals surface area contributed by atoms with E-state index in [1.807, 2.05) is 61.6 Å². The molecule has 1 atom stereocenters. The Kier molecular flexibility index (Phi) is 3.71. The summed E-state index contributed by atoms with van der Waals surface area (Å²) in [6, 6.07) is 18.8. The van der Waals surface area contributed by atoms with Crippen LogP contribution in [0.15, 0.2) is 66.9 Å². The first-order chi connectivity index (χ1) is 10.2. The number of aromatic nitrogens is 2. The predicted octanol–water partition coefficient (Wildman–Crippen LogP) is 3.29. The van der Waals surface area contributed by atoms with Gasteiger partial charge in [0, 0.05) is 13.2 Å². The van der Waals surface area contributed by atoms with Crippen molar-refractivity contribution in [3.8, 4) is 11.5 Å². The number of ether oxygens (including phenoxy) is 1. The third kappa shape index (κ3) is 2.95. The molecule has 3 aromatic rings. The minimum atomic E-state index is -0.725. The molecule has 1 heterocycles. The molecule has 0 saturated heterocycles. The normalized spacial score (nSPS) is 12.1. The average Bonchev–Trinajstić information content (AvgIpc) is 2.94. The van der Waals surface area contributed by atoms with Gasteiger partial charge in [0.1, 0.15) is 17.6 Å². The third-order valence-corrected chi connectivity index (χ3v) is 3.29. The van der Waals surface area contributed by atoms with E-state index >= 15 is 0 Å². The van der Waals surface area contributed by atoms with Crippen LogP contribution in [0.5, 0.6) is 11.5 Å². The third-order valence-electron chi connectivity index (χ3n) is 3.29. The zero-order chi connectivity index (χ0) is 14.7. The van der Waals surface area contributed by atoms with Gasteiger partial charge >= 0.3 is 0 Å². The molecule has 2 aromatic carbocycles. The lowest BCUT2D eigenvalue weighted by molar-refractivity contribution is 0.209. The Balaban J connectivity index is 1.85. The second kappa shape index (κ2) is 5.81. The lowest BCUT2D eigenvalue weighted by Gasteiger charge is -2.13. The number of aliphatic hydroxyl groups is 1. The molecule has 106 valence electrons. The van der Waals surface area contributed by atoms with Gasteiger partial charge in [-0.25, -0.2) is 0 Å². The number of aliphatic hydroxyl groups excluding tert-OH is 1. The number of hydrogen-bond acceptors (Lipinski definition) is 3. The van der Waals surface area contributed by atoms with Gasteiger partial charge in [-0.3, -0.25) is 4.68 Å². The smallest absolute Gasteiger partial charge is 0.127 e. The molecule has 1 unspecified atom stereocenters. The second-order valence-electron chi connectivity index (χ2n) is 4.77. The van der Waals surface area contributed by atoms with Crippen LogP contribution in [0.3, 0.4) is 0 Å². The lowest BCUT2D eigenvalue weighted by Crippen LogP contribution is -2.06. The SMILES string of the molecule is Cn1nccc1C(O)c1cccc(Oc2ccccc2)c1. The van der Waals surface area contributed by atoms with Gasteiger partial charge in [-0.05, 0) is 35.9 Å². The van der Waals surface area contributed by atoms with E-state index in [0.717, 1.165) is 17.0 Å². The number of nitrogens with zero attached hydrogens (tertiary/aromatic N) is 2. The van der Waals surface area contributed by atoms with E-state index in [9.17, 15) is 5.11 Å². The molecule has 0 fully saturated rings. The summed E-state index contributed by atoms with van der Waals surface area (Å²) < 4.78 is 7.45. The fourth-order valence-corrected chi connectivity index (χ4v) is 2.20. The van der Waals surface area contributed by atoms with Crippen LogP contribution in [0.4, 0.5) is 0 Å². The fourth-order valence-electron chi connectivity index (χ4n) is 2.20. The van der Waals surface area contributed by atoms with Crippen LogP contribution in [-0.4, -0.2) is 14.9 Å². The van der Waals surface area contributed by atoms with Gasteiger partial charge in [0.15, 0.2) is 0 Å². The largest absolute Gasteiger partial charge is 0.457 e. The maximum atomic E-state index is 10.4. The predicted molar refractivity (Wildman–Crippen MR) is 80.2 cm³/mol. The highest BCUT2D eigenvalue weighted by atomic mass is 16.5. The first kappa shape index (κ1) is 13.4. The Hall–Kier alpha value is -2.59. The minimum absolute atomic E-state index is 0.694. The van der Waals surface area contributed by atoms with E-state index in [-0.39, 0.29) is 0 Å². The van der Waals surface area contributed by atoms with Crippen LogP contribution in [0.2, 0.25) is 0 Å². The highest BCUT2D eigenvalue weighted by molar-refractivity contribution is 5.36. The molecule has 1 N–H and O–H groups in total. The van der Waals surface area contributed by atoms with Crippen molar-refractivity contribution >= 4 is 0 Å². The van der Waals surface area contributed by atoms with Gasteiger partial charge in [0.2, 0.25) is 0 Å². The molecular formula is C17H16N2O2. The zero-order valence-electron chi connectivity index (χ0n) is 11.7. The van der Waals surface area contributed by atoms with Gasteiger partial charge in [-0.15, -0.1) is 0 Å². The van der Waals surface area contributed by atoms with Crippen molar-refractivity contribution < 1.29 is 9.84 Å². The Labute approximate surface area is 123 Å². The first-order valence-corrected chi connectivity index (χ1v) is 6.73. The van der Waals surface area contributed by atoms with Gasteiger partial charge in [-0.2, -0.15) is 5.10 Å². The van der Waals surface area contributed by atoms with Crippen LogP contribution in [-0.2, 0) is 7.05 Å². The fraction of sp³-hybridized carbons (Fsp3) is 0.118. The van der Waals surface area contributed by atoms with Crippen molar-refractivity contribution in [3.05, 3.63) is 78.1 Å². The summed E-state index contributed by atoms with van der Waals surface area (Å²) in [6.07, 6.45) is 0.944. The summed E-state index contributed by atoms with van der Waals surface area (Å²) in [7, 11) is 1.81. The molecule has 0 aliphatic carbocycles. The van der Waals surface area contributed by atoms with Crippen molar-refractivity contribution in [1.82, 2.24) is 9.78 Å². The molecule has 0 aliphatic rings. The molecule has 0 spiro atoms. The van der Waals surface area contributed by atoms with Crippen LogP contribution < -0.4 is 4.74 Å². The molecule has 3 rings (SSSR count). The number of aryl methyl sites for hydroxylation is 1. The monoisotopic (exact) mass is 280 g/mol. The number of hydrogen-bond donors (Lipinski definition) is 1. The molecule has 0 bridgehead atoms. The van der Waals surface area contributed by atoms with Crippen molar-refractivity contribution in [2.24, 2.45) is 7.05 Å².